The molecule has 1 aromatic rings. The first kappa shape index (κ1) is 14.6. The number of aliphatic carboxylic acids is 1. The summed E-state index contributed by atoms with van der Waals surface area (Å²) in [5.74, 6) is -3.25. The van der Waals surface area contributed by atoms with Crippen molar-refractivity contribution in [3.63, 3.8) is 0 Å². The van der Waals surface area contributed by atoms with Crippen LogP contribution in [0.15, 0.2) is 18.2 Å². The van der Waals surface area contributed by atoms with Crippen molar-refractivity contribution in [3.8, 4) is 0 Å². The molecule has 0 aliphatic rings. The Morgan fingerprint density at radius 1 is 1.42 bits per heavy atom. The molecule has 19 heavy (non-hydrogen) atoms. The van der Waals surface area contributed by atoms with E-state index in [0.29, 0.717) is 0 Å². The highest BCUT2D eigenvalue weighted by Gasteiger charge is 2.36. The lowest BCUT2D eigenvalue weighted by Gasteiger charge is -2.18. The van der Waals surface area contributed by atoms with Crippen LogP contribution in [0.3, 0.4) is 0 Å². The molecule has 0 spiro atoms. The molecule has 102 valence electrons. The van der Waals surface area contributed by atoms with Crippen LogP contribution < -0.4 is 5.32 Å². The summed E-state index contributed by atoms with van der Waals surface area (Å²) in [6.07, 6.45) is 0. The number of benzene rings is 1. The van der Waals surface area contributed by atoms with Crippen LogP contribution in [0.4, 0.5) is 15.8 Å². The van der Waals surface area contributed by atoms with Crippen LogP contribution in [0.2, 0.25) is 0 Å². The van der Waals surface area contributed by atoms with Gasteiger partial charge < -0.3 is 10.4 Å². The molecule has 0 heterocycles. The van der Waals surface area contributed by atoms with Crippen molar-refractivity contribution in [1.29, 1.82) is 0 Å². The summed E-state index contributed by atoms with van der Waals surface area (Å²) in [6, 6.07) is 2.58. The monoisotopic (exact) mass is 270 g/mol. The minimum absolute atomic E-state index is 0.412. The fourth-order valence-corrected chi connectivity index (χ4v) is 1.10. The third kappa shape index (κ3) is 3.03. The lowest BCUT2D eigenvalue weighted by Crippen LogP contribution is -2.38. The Bertz CT molecular complexity index is 556. The molecule has 0 aliphatic heterocycles. The van der Waals surface area contributed by atoms with Gasteiger partial charge in [-0.15, -0.1) is 0 Å². The van der Waals surface area contributed by atoms with Crippen molar-refractivity contribution in [2.75, 3.05) is 5.32 Å². The number of nitrogens with zero attached hydrogens (tertiary/aromatic N) is 1. The molecule has 0 saturated carbocycles. The molecule has 8 heteroatoms. The van der Waals surface area contributed by atoms with E-state index >= 15 is 0 Å². The molecule has 1 aromatic carbocycles. The number of hydrogen-bond donors (Lipinski definition) is 2. The summed E-state index contributed by atoms with van der Waals surface area (Å²) in [7, 11) is 0. The smallest absolute Gasteiger partial charge is 0.318 e. The highest BCUT2D eigenvalue weighted by atomic mass is 19.1. The van der Waals surface area contributed by atoms with Crippen LogP contribution in [-0.4, -0.2) is 21.9 Å². The lowest BCUT2D eigenvalue weighted by molar-refractivity contribution is -0.384. The molecule has 2 N–H and O–H groups in total. The summed E-state index contributed by atoms with van der Waals surface area (Å²) in [6.45, 7) is 2.28. The van der Waals surface area contributed by atoms with Gasteiger partial charge in [0.2, 0.25) is 5.91 Å². The second-order valence-electron chi connectivity index (χ2n) is 4.31. The van der Waals surface area contributed by atoms with Crippen LogP contribution in [0.5, 0.6) is 0 Å². The number of nitro benzene ring substituents is 1. The number of nitro groups is 1. The fourth-order valence-electron chi connectivity index (χ4n) is 1.10. The van der Waals surface area contributed by atoms with Gasteiger partial charge in [-0.2, -0.15) is 0 Å². The lowest BCUT2D eigenvalue weighted by atomic mass is 9.92. The standard InChI is InChI=1S/C11H11FN2O5/c1-11(2,10(16)17)9(15)13-8-5-6(14(18)19)3-4-7(8)12/h3-5H,1-2H3,(H,13,15)(H,16,17). The third-order valence-electron chi connectivity index (χ3n) is 2.51. The van der Waals surface area contributed by atoms with E-state index in [9.17, 15) is 24.1 Å². The van der Waals surface area contributed by atoms with Crippen LogP contribution in [0.25, 0.3) is 0 Å². The Morgan fingerprint density at radius 3 is 2.47 bits per heavy atom. The summed E-state index contributed by atoms with van der Waals surface area (Å²) in [5, 5.41) is 21.4. The van der Waals surface area contributed by atoms with Gasteiger partial charge >= 0.3 is 5.97 Å². The van der Waals surface area contributed by atoms with Gasteiger partial charge in [0.05, 0.1) is 10.6 Å². The Morgan fingerprint density at radius 2 is 2.00 bits per heavy atom. The Kier molecular flexibility index (Phi) is 3.83. The quantitative estimate of drug-likeness (QED) is 0.492. The first-order chi connectivity index (χ1) is 8.66. The number of amides is 1. The van der Waals surface area contributed by atoms with Crippen molar-refractivity contribution in [2.45, 2.75) is 13.8 Å². The van der Waals surface area contributed by atoms with E-state index < -0.39 is 39.4 Å². The third-order valence-corrected chi connectivity index (χ3v) is 2.51. The molecule has 0 unspecified atom stereocenters. The van der Waals surface area contributed by atoms with Gasteiger partial charge in [-0.25, -0.2) is 4.39 Å². The highest BCUT2D eigenvalue weighted by Crippen LogP contribution is 2.24. The Balaban J connectivity index is 3.06. The number of rotatable bonds is 4. The fraction of sp³-hybridized carbons (Fsp3) is 0.273. The average molecular weight is 270 g/mol. The maximum Gasteiger partial charge on any atom is 0.318 e. The number of halogens is 1. The Hall–Kier alpha value is -2.51. The zero-order valence-electron chi connectivity index (χ0n) is 10.1. The number of anilines is 1. The van der Waals surface area contributed by atoms with Crippen molar-refractivity contribution in [2.24, 2.45) is 5.41 Å². The normalized spacial score (nSPS) is 10.9. The highest BCUT2D eigenvalue weighted by molar-refractivity contribution is 6.07. The van der Waals surface area contributed by atoms with Crippen LogP contribution in [0, 0.1) is 21.3 Å². The SMILES string of the molecule is CC(C)(C(=O)O)C(=O)Nc1cc([N+](=O)[O-])ccc1F. The molecular formula is C11H11FN2O5. The topological polar surface area (TPSA) is 110 Å². The summed E-state index contributed by atoms with van der Waals surface area (Å²) < 4.78 is 13.4. The van der Waals surface area contributed by atoms with Crippen molar-refractivity contribution in [3.05, 3.63) is 34.1 Å². The van der Waals surface area contributed by atoms with E-state index in [4.69, 9.17) is 5.11 Å². The van der Waals surface area contributed by atoms with E-state index in [1.54, 1.807) is 0 Å². The minimum atomic E-state index is -1.78. The summed E-state index contributed by atoms with van der Waals surface area (Å²) in [4.78, 5) is 32.3. The van der Waals surface area contributed by atoms with E-state index in [2.05, 4.69) is 0 Å². The second kappa shape index (κ2) is 5.01. The van der Waals surface area contributed by atoms with Gasteiger partial charge in [-0.3, -0.25) is 19.7 Å². The zero-order valence-corrected chi connectivity index (χ0v) is 10.1. The van der Waals surface area contributed by atoms with E-state index in [0.717, 1.165) is 32.0 Å². The molecule has 0 aliphatic carbocycles. The number of carbonyl (C=O) groups excluding carboxylic acids is 1. The molecule has 7 nitrogen and oxygen atoms in total. The number of nitrogens with one attached hydrogen (secondary N) is 1. The van der Waals surface area contributed by atoms with Gasteiger partial charge in [0, 0.05) is 12.1 Å². The molecule has 0 saturated heterocycles. The average Bonchev–Trinajstić information content (AvgIpc) is 2.31. The first-order valence-electron chi connectivity index (χ1n) is 5.15. The van der Waals surface area contributed by atoms with Crippen LogP contribution >= 0.6 is 0 Å². The minimum Gasteiger partial charge on any atom is -0.480 e. The summed E-state index contributed by atoms with van der Waals surface area (Å²) >= 11 is 0. The molecule has 0 radical (unpaired) electrons. The predicted octanol–water partition coefficient (Wildman–Crippen LogP) is 1.78. The molecule has 0 aromatic heterocycles. The predicted molar refractivity (Wildman–Crippen MR) is 63.1 cm³/mol. The Labute approximate surface area is 107 Å². The summed E-state index contributed by atoms with van der Waals surface area (Å²) in [5.41, 5.74) is -2.63. The van der Waals surface area contributed by atoms with Crippen LogP contribution in [0.1, 0.15) is 13.8 Å². The van der Waals surface area contributed by atoms with Gasteiger partial charge in [0.25, 0.3) is 5.69 Å². The van der Waals surface area contributed by atoms with E-state index in [1.165, 1.54) is 0 Å². The number of carboxylic acid groups (broad SMARTS) is 1. The molecule has 0 atom stereocenters. The van der Waals surface area contributed by atoms with Gasteiger partial charge in [0.15, 0.2) is 0 Å². The van der Waals surface area contributed by atoms with Crippen molar-refractivity contribution < 1.29 is 24.0 Å². The molecule has 1 amide bonds. The van der Waals surface area contributed by atoms with Gasteiger partial charge in [-0.1, -0.05) is 0 Å². The van der Waals surface area contributed by atoms with Gasteiger partial charge in [0.1, 0.15) is 11.2 Å². The first-order valence-corrected chi connectivity index (χ1v) is 5.15. The molecular weight excluding hydrogens is 259 g/mol. The largest absolute Gasteiger partial charge is 0.480 e. The maximum atomic E-state index is 13.4. The van der Waals surface area contributed by atoms with Crippen molar-refractivity contribution >= 4 is 23.3 Å². The van der Waals surface area contributed by atoms with Crippen molar-refractivity contribution in [1.82, 2.24) is 0 Å². The molecule has 0 bridgehead atoms. The zero-order chi connectivity index (χ0) is 14.8. The number of hydrogen-bond acceptors (Lipinski definition) is 4. The van der Waals surface area contributed by atoms with Gasteiger partial charge in [-0.05, 0) is 19.9 Å². The number of non-ortho nitro benzene ring substituents is 1. The second-order valence-corrected chi connectivity index (χ2v) is 4.31. The number of carbonyl (C=O) groups is 2. The van der Waals surface area contributed by atoms with E-state index in [-0.39, 0.29) is 0 Å². The number of carboxylic acids is 1. The molecule has 1 rings (SSSR count). The van der Waals surface area contributed by atoms with Crippen LogP contribution in [-0.2, 0) is 9.59 Å². The van der Waals surface area contributed by atoms with E-state index in [1.807, 2.05) is 5.32 Å². The molecule has 0 fully saturated rings. The maximum absolute atomic E-state index is 13.4.